The Morgan fingerprint density at radius 1 is 1.24 bits per heavy atom. The molecule has 0 radical (unpaired) electrons. The van der Waals surface area contributed by atoms with Crippen molar-refractivity contribution in [3.8, 4) is 16.9 Å². The number of benzene rings is 2. The average Bonchev–Trinajstić information content (AvgIpc) is 3.42. The van der Waals surface area contributed by atoms with Gasteiger partial charge in [0.05, 0.1) is 22.0 Å². The minimum atomic E-state index is -0.930. The van der Waals surface area contributed by atoms with Crippen LogP contribution in [-0.4, -0.2) is 38.4 Å². The summed E-state index contributed by atoms with van der Waals surface area (Å²) >= 11 is 12.1. The second-order valence-corrected chi connectivity index (χ2v) is 7.53. The Labute approximate surface area is 196 Å². The fraction of sp³-hybridized carbons (Fsp3) is 0.0952. The third kappa shape index (κ3) is 4.71. The molecular formula is C21H14Cl2FN5O4. The molecule has 0 saturated carbocycles. The number of esters is 1. The maximum atomic E-state index is 14.3. The first kappa shape index (κ1) is 22.4. The van der Waals surface area contributed by atoms with Gasteiger partial charge in [-0.3, -0.25) is 4.79 Å². The zero-order valence-corrected chi connectivity index (χ0v) is 18.4. The standard InChI is InChI=1S/C21H14Cl2FN5O4/c1-11-18(20(28-33-11)19-13(23)3-2-4-14(19)24)21(31)32-8-17(30)27-15-7-12(22)5-6-16(15)29-10-25-9-26-29/h2-7,9-10H,8H2,1H3,(H,27,30). The van der Waals surface area contributed by atoms with E-state index in [0.29, 0.717) is 16.4 Å². The van der Waals surface area contributed by atoms with E-state index in [2.05, 4.69) is 20.6 Å². The lowest BCUT2D eigenvalue weighted by Crippen LogP contribution is -2.22. The molecule has 9 nitrogen and oxygen atoms in total. The van der Waals surface area contributed by atoms with Crippen LogP contribution in [0.1, 0.15) is 16.1 Å². The van der Waals surface area contributed by atoms with E-state index in [1.165, 1.54) is 48.5 Å². The Hall–Kier alpha value is -3.76. The van der Waals surface area contributed by atoms with Gasteiger partial charge in [-0.2, -0.15) is 5.10 Å². The van der Waals surface area contributed by atoms with Crippen molar-refractivity contribution in [3.63, 3.8) is 0 Å². The van der Waals surface area contributed by atoms with Crippen molar-refractivity contribution in [1.29, 1.82) is 0 Å². The van der Waals surface area contributed by atoms with Crippen molar-refractivity contribution < 1.29 is 23.2 Å². The summed E-state index contributed by atoms with van der Waals surface area (Å²) in [5.74, 6) is -2.19. The molecular weight excluding hydrogens is 476 g/mol. The first-order valence-corrected chi connectivity index (χ1v) is 10.1. The summed E-state index contributed by atoms with van der Waals surface area (Å²) in [7, 11) is 0. The molecule has 168 valence electrons. The molecule has 0 aliphatic heterocycles. The van der Waals surface area contributed by atoms with Gasteiger partial charge in [0.25, 0.3) is 5.91 Å². The highest BCUT2D eigenvalue weighted by Crippen LogP contribution is 2.33. The number of ether oxygens (including phenoxy) is 1. The Morgan fingerprint density at radius 2 is 2.06 bits per heavy atom. The highest BCUT2D eigenvalue weighted by Gasteiger charge is 2.27. The van der Waals surface area contributed by atoms with Gasteiger partial charge in [-0.25, -0.2) is 18.9 Å². The molecule has 0 fully saturated rings. The smallest absolute Gasteiger partial charge is 0.344 e. The van der Waals surface area contributed by atoms with Gasteiger partial charge in [-0.15, -0.1) is 0 Å². The third-order valence-corrected chi connectivity index (χ3v) is 5.05. The zero-order valence-electron chi connectivity index (χ0n) is 16.9. The van der Waals surface area contributed by atoms with Crippen LogP contribution in [0, 0.1) is 12.7 Å². The molecule has 4 rings (SSSR count). The number of halogens is 3. The summed E-state index contributed by atoms with van der Waals surface area (Å²) < 4.78 is 25.9. The Morgan fingerprint density at radius 3 is 2.79 bits per heavy atom. The first-order chi connectivity index (χ1) is 15.8. The maximum absolute atomic E-state index is 14.3. The monoisotopic (exact) mass is 489 g/mol. The number of rotatable bonds is 6. The summed E-state index contributed by atoms with van der Waals surface area (Å²) in [4.78, 5) is 29.0. The van der Waals surface area contributed by atoms with Gasteiger partial charge in [0.2, 0.25) is 0 Å². The summed E-state index contributed by atoms with van der Waals surface area (Å²) in [5.41, 5.74) is 0.464. The molecule has 1 amide bonds. The fourth-order valence-electron chi connectivity index (χ4n) is 3.04. The lowest BCUT2D eigenvalue weighted by Gasteiger charge is -2.12. The molecule has 0 bridgehead atoms. The van der Waals surface area contributed by atoms with E-state index in [9.17, 15) is 14.0 Å². The molecule has 2 aromatic heterocycles. The number of anilines is 1. The highest BCUT2D eigenvalue weighted by atomic mass is 35.5. The average molecular weight is 490 g/mol. The van der Waals surface area contributed by atoms with Gasteiger partial charge >= 0.3 is 5.97 Å². The normalized spacial score (nSPS) is 10.8. The van der Waals surface area contributed by atoms with Gasteiger partial charge < -0.3 is 14.6 Å². The van der Waals surface area contributed by atoms with Crippen LogP contribution in [0.15, 0.2) is 53.6 Å². The van der Waals surface area contributed by atoms with Crippen molar-refractivity contribution >= 4 is 40.8 Å². The summed E-state index contributed by atoms with van der Waals surface area (Å²) in [6.07, 6.45) is 2.78. The Bertz CT molecular complexity index is 1320. The van der Waals surface area contributed by atoms with Crippen molar-refractivity contribution in [1.82, 2.24) is 19.9 Å². The predicted molar refractivity (Wildman–Crippen MR) is 117 cm³/mol. The number of hydrogen-bond acceptors (Lipinski definition) is 7. The Kier molecular flexibility index (Phi) is 6.38. The van der Waals surface area contributed by atoms with Crippen LogP contribution in [0.5, 0.6) is 0 Å². The summed E-state index contributed by atoms with van der Waals surface area (Å²) in [5, 5.41) is 10.8. The molecule has 2 aromatic carbocycles. The third-order valence-electron chi connectivity index (χ3n) is 4.50. The van der Waals surface area contributed by atoms with Crippen molar-refractivity contribution in [2.45, 2.75) is 6.92 Å². The Balaban J connectivity index is 1.51. The van der Waals surface area contributed by atoms with Gasteiger partial charge in [0.15, 0.2) is 6.61 Å². The number of aryl methyl sites for hydroxylation is 1. The summed E-state index contributed by atoms with van der Waals surface area (Å²) in [6.45, 7) is 0.815. The van der Waals surface area contributed by atoms with Crippen LogP contribution in [-0.2, 0) is 9.53 Å². The van der Waals surface area contributed by atoms with E-state index in [0.717, 1.165) is 0 Å². The minimum absolute atomic E-state index is 0.0386. The number of amides is 1. The van der Waals surface area contributed by atoms with Crippen LogP contribution < -0.4 is 5.32 Å². The maximum Gasteiger partial charge on any atom is 0.344 e. The molecule has 4 aromatic rings. The van der Waals surface area contributed by atoms with Crippen LogP contribution in [0.25, 0.3) is 16.9 Å². The van der Waals surface area contributed by atoms with Crippen LogP contribution in [0.2, 0.25) is 10.0 Å². The number of nitrogens with one attached hydrogen (secondary N) is 1. The molecule has 0 atom stereocenters. The van der Waals surface area contributed by atoms with E-state index in [1.807, 2.05) is 0 Å². The largest absolute Gasteiger partial charge is 0.452 e. The van der Waals surface area contributed by atoms with Crippen LogP contribution >= 0.6 is 23.2 Å². The van der Waals surface area contributed by atoms with Crippen LogP contribution in [0.4, 0.5) is 10.1 Å². The van der Waals surface area contributed by atoms with E-state index < -0.39 is 24.3 Å². The van der Waals surface area contributed by atoms with Crippen LogP contribution in [0.3, 0.4) is 0 Å². The van der Waals surface area contributed by atoms with E-state index in [-0.39, 0.29) is 27.6 Å². The van der Waals surface area contributed by atoms with Crippen molar-refractivity contribution in [2.75, 3.05) is 11.9 Å². The van der Waals surface area contributed by atoms with E-state index >= 15 is 0 Å². The van der Waals surface area contributed by atoms with Crippen molar-refractivity contribution in [3.05, 3.63) is 76.2 Å². The minimum Gasteiger partial charge on any atom is -0.452 e. The number of carbonyl (C=O) groups is 2. The molecule has 0 saturated heterocycles. The zero-order chi connectivity index (χ0) is 23.5. The second kappa shape index (κ2) is 9.39. The number of carbonyl (C=O) groups excluding carboxylic acids is 2. The van der Waals surface area contributed by atoms with Gasteiger partial charge in [-0.05, 0) is 37.3 Å². The van der Waals surface area contributed by atoms with E-state index in [1.54, 1.807) is 12.1 Å². The molecule has 12 heteroatoms. The lowest BCUT2D eigenvalue weighted by molar-refractivity contribution is -0.119. The van der Waals surface area contributed by atoms with Gasteiger partial charge in [0.1, 0.15) is 35.5 Å². The SMILES string of the molecule is Cc1onc(-c2c(F)cccc2Cl)c1C(=O)OCC(=O)Nc1cc(Cl)ccc1-n1cncn1. The number of nitrogens with zero attached hydrogens (tertiary/aromatic N) is 4. The summed E-state index contributed by atoms with van der Waals surface area (Å²) in [6, 6.07) is 8.82. The lowest BCUT2D eigenvalue weighted by atomic mass is 10.1. The number of aromatic nitrogens is 4. The van der Waals surface area contributed by atoms with Gasteiger partial charge in [0, 0.05) is 5.02 Å². The fourth-order valence-corrected chi connectivity index (χ4v) is 3.46. The first-order valence-electron chi connectivity index (χ1n) is 9.37. The van der Waals surface area contributed by atoms with E-state index in [4.69, 9.17) is 32.5 Å². The quantitative estimate of drug-likeness (QED) is 0.397. The molecule has 0 spiro atoms. The molecule has 1 N–H and O–H groups in total. The number of hydrogen-bond donors (Lipinski definition) is 1. The second-order valence-electron chi connectivity index (χ2n) is 6.68. The highest BCUT2D eigenvalue weighted by molar-refractivity contribution is 6.33. The topological polar surface area (TPSA) is 112 Å². The molecule has 0 aliphatic rings. The van der Waals surface area contributed by atoms with Gasteiger partial charge in [-0.1, -0.05) is 34.4 Å². The molecule has 2 heterocycles. The predicted octanol–water partition coefficient (Wildman–Crippen LogP) is 4.47. The molecule has 0 aliphatic carbocycles. The molecule has 0 unspecified atom stereocenters. The van der Waals surface area contributed by atoms with Crippen molar-refractivity contribution in [2.24, 2.45) is 0 Å². The molecule has 33 heavy (non-hydrogen) atoms.